The fourth-order valence-corrected chi connectivity index (χ4v) is 2.70. The molecule has 0 aliphatic carbocycles. The summed E-state index contributed by atoms with van der Waals surface area (Å²) >= 11 is 0. The van der Waals surface area contributed by atoms with E-state index < -0.39 is 0 Å². The van der Waals surface area contributed by atoms with Gasteiger partial charge < -0.3 is 15.0 Å². The summed E-state index contributed by atoms with van der Waals surface area (Å²) in [6.45, 7) is 4.34. The summed E-state index contributed by atoms with van der Waals surface area (Å²) in [6, 6.07) is 0. The molecular formula is C12H16N6O2. The standard InChI is InChI=1S/C12H16N6O2/c19-10-8-7-13-2-1-9(8)14-11-15-12(16-18(10)11)17-3-5-20-6-4-17/h13H,1-7H2,(H,14,15,16). The second-order valence-corrected chi connectivity index (χ2v) is 5.05. The van der Waals surface area contributed by atoms with Crippen LogP contribution in [0, 0.1) is 0 Å². The number of fused-ring (bicyclic) bond motifs is 2. The van der Waals surface area contributed by atoms with E-state index in [-0.39, 0.29) is 5.56 Å². The van der Waals surface area contributed by atoms with Crippen molar-refractivity contribution < 1.29 is 4.74 Å². The van der Waals surface area contributed by atoms with Crippen molar-refractivity contribution >= 4 is 11.7 Å². The molecule has 1 saturated heterocycles. The van der Waals surface area contributed by atoms with Gasteiger partial charge in [-0.1, -0.05) is 0 Å². The maximum absolute atomic E-state index is 12.4. The van der Waals surface area contributed by atoms with Gasteiger partial charge in [-0.2, -0.15) is 9.50 Å². The maximum Gasteiger partial charge on any atom is 0.278 e. The Bertz CT molecular complexity index is 700. The van der Waals surface area contributed by atoms with E-state index in [0.29, 0.717) is 31.5 Å². The third-order valence-electron chi connectivity index (χ3n) is 3.81. The first-order valence-electron chi connectivity index (χ1n) is 6.87. The van der Waals surface area contributed by atoms with Crippen molar-refractivity contribution in [2.75, 3.05) is 37.7 Å². The van der Waals surface area contributed by atoms with Crippen LogP contribution in [-0.2, 0) is 17.7 Å². The first-order chi connectivity index (χ1) is 9.83. The van der Waals surface area contributed by atoms with E-state index in [2.05, 4.69) is 25.3 Å². The van der Waals surface area contributed by atoms with Crippen molar-refractivity contribution in [2.45, 2.75) is 13.0 Å². The molecule has 2 N–H and O–H groups in total. The Hall–Kier alpha value is -1.93. The summed E-state index contributed by atoms with van der Waals surface area (Å²) in [5.74, 6) is 1.14. The monoisotopic (exact) mass is 276 g/mol. The van der Waals surface area contributed by atoms with E-state index in [1.165, 1.54) is 4.52 Å². The van der Waals surface area contributed by atoms with Crippen LogP contribution in [-0.4, -0.2) is 52.4 Å². The summed E-state index contributed by atoms with van der Waals surface area (Å²) in [5, 5.41) is 6.26. The lowest BCUT2D eigenvalue weighted by molar-refractivity contribution is 0.122. The number of anilines is 1. The fourth-order valence-electron chi connectivity index (χ4n) is 2.70. The van der Waals surface area contributed by atoms with Crippen LogP contribution in [0.4, 0.5) is 5.95 Å². The molecule has 0 unspecified atom stereocenters. The summed E-state index contributed by atoms with van der Waals surface area (Å²) in [4.78, 5) is 23.5. The van der Waals surface area contributed by atoms with Crippen LogP contribution in [0.3, 0.4) is 0 Å². The minimum atomic E-state index is -0.0517. The molecule has 8 heteroatoms. The maximum atomic E-state index is 12.4. The molecule has 0 amide bonds. The van der Waals surface area contributed by atoms with E-state index >= 15 is 0 Å². The summed E-state index contributed by atoms with van der Waals surface area (Å²) in [6.07, 6.45) is 0.779. The van der Waals surface area contributed by atoms with Crippen LogP contribution >= 0.6 is 0 Å². The zero-order valence-corrected chi connectivity index (χ0v) is 11.1. The van der Waals surface area contributed by atoms with E-state index in [0.717, 1.165) is 37.3 Å². The summed E-state index contributed by atoms with van der Waals surface area (Å²) in [5.41, 5.74) is 1.56. The molecule has 2 aliphatic rings. The molecule has 1 fully saturated rings. The molecule has 4 heterocycles. The van der Waals surface area contributed by atoms with Gasteiger partial charge in [-0.25, -0.2) is 4.98 Å². The molecule has 2 aromatic rings. The number of nitrogens with zero attached hydrogens (tertiary/aromatic N) is 4. The average molecular weight is 276 g/mol. The Balaban J connectivity index is 1.82. The van der Waals surface area contributed by atoms with E-state index in [4.69, 9.17) is 4.74 Å². The largest absolute Gasteiger partial charge is 0.378 e. The predicted octanol–water partition coefficient (Wildman–Crippen LogP) is -1.10. The molecule has 0 radical (unpaired) electrons. The van der Waals surface area contributed by atoms with Gasteiger partial charge in [0.25, 0.3) is 11.3 Å². The molecule has 0 bridgehead atoms. The number of aromatic amines is 1. The molecular weight excluding hydrogens is 260 g/mol. The Kier molecular flexibility index (Phi) is 2.71. The van der Waals surface area contributed by atoms with Crippen molar-refractivity contribution in [1.82, 2.24) is 24.9 Å². The minimum absolute atomic E-state index is 0.0517. The van der Waals surface area contributed by atoms with Crippen molar-refractivity contribution in [3.8, 4) is 0 Å². The number of hydrogen-bond donors (Lipinski definition) is 2. The quantitative estimate of drug-likeness (QED) is 0.687. The van der Waals surface area contributed by atoms with Crippen LogP contribution in [0.5, 0.6) is 0 Å². The van der Waals surface area contributed by atoms with E-state index in [1.54, 1.807) is 0 Å². The topological polar surface area (TPSA) is 87.6 Å². The van der Waals surface area contributed by atoms with Crippen LogP contribution in [0.2, 0.25) is 0 Å². The summed E-state index contributed by atoms with van der Waals surface area (Å²) in [7, 11) is 0. The number of morpholine rings is 1. The lowest BCUT2D eigenvalue weighted by atomic mass is 10.1. The zero-order valence-electron chi connectivity index (χ0n) is 11.1. The van der Waals surface area contributed by atoms with Gasteiger partial charge in [0.05, 0.1) is 24.5 Å². The number of nitrogens with one attached hydrogen (secondary N) is 2. The van der Waals surface area contributed by atoms with Crippen LogP contribution in [0.1, 0.15) is 11.3 Å². The summed E-state index contributed by atoms with van der Waals surface area (Å²) < 4.78 is 6.77. The second kappa shape index (κ2) is 4.57. The van der Waals surface area contributed by atoms with Gasteiger partial charge in [-0.3, -0.25) is 9.89 Å². The number of rotatable bonds is 1. The number of aromatic nitrogens is 4. The van der Waals surface area contributed by atoms with E-state index in [9.17, 15) is 4.79 Å². The Labute approximate surface area is 114 Å². The highest BCUT2D eigenvalue weighted by Gasteiger charge is 2.20. The molecule has 0 spiro atoms. The van der Waals surface area contributed by atoms with Crippen LogP contribution < -0.4 is 15.8 Å². The number of hydrogen-bond acceptors (Lipinski definition) is 6. The molecule has 0 aromatic carbocycles. The smallest absolute Gasteiger partial charge is 0.278 e. The van der Waals surface area contributed by atoms with Gasteiger partial charge >= 0.3 is 0 Å². The lowest BCUT2D eigenvalue weighted by Gasteiger charge is -2.25. The minimum Gasteiger partial charge on any atom is -0.378 e. The Morgan fingerprint density at radius 1 is 1.20 bits per heavy atom. The second-order valence-electron chi connectivity index (χ2n) is 5.05. The molecule has 2 aromatic heterocycles. The molecule has 4 rings (SSSR count). The van der Waals surface area contributed by atoms with Crippen LogP contribution in [0.25, 0.3) is 5.78 Å². The normalized spacial score (nSPS) is 19.3. The first-order valence-corrected chi connectivity index (χ1v) is 6.87. The van der Waals surface area contributed by atoms with Gasteiger partial charge in [0.15, 0.2) is 0 Å². The highest BCUT2D eigenvalue weighted by atomic mass is 16.5. The third kappa shape index (κ3) is 1.80. The zero-order chi connectivity index (χ0) is 13.5. The van der Waals surface area contributed by atoms with Crippen molar-refractivity contribution in [2.24, 2.45) is 0 Å². The first kappa shape index (κ1) is 11.9. The molecule has 20 heavy (non-hydrogen) atoms. The van der Waals surface area contributed by atoms with Crippen molar-refractivity contribution in [3.63, 3.8) is 0 Å². The number of ether oxygens (including phenoxy) is 1. The molecule has 2 aliphatic heterocycles. The third-order valence-corrected chi connectivity index (χ3v) is 3.81. The lowest BCUT2D eigenvalue weighted by Crippen LogP contribution is -2.37. The predicted molar refractivity (Wildman–Crippen MR) is 72.1 cm³/mol. The highest BCUT2D eigenvalue weighted by molar-refractivity contribution is 5.41. The van der Waals surface area contributed by atoms with Crippen molar-refractivity contribution in [1.29, 1.82) is 0 Å². The molecule has 0 atom stereocenters. The van der Waals surface area contributed by atoms with Gasteiger partial charge in [-0.15, -0.1) is 0 Å². The number of H-pyrrole nitrogens is 1. The molecule has 8 nitrogen and oxygen atoms in total. The molecule has 106 valence electrons. The highest BCUT2D eigenvalue weighted by Crippen LogP contribution is 2.13. The van der Waals surface area contributed by atoms with Gasteiger partial charge in [0.2, 0.25) is 5.95 Å². The Morgan fingerprint density at radius 2 is 2.05 bits per heavy atom. The van der Waals surface area contributed by atoms with Crippen LogP contribution in [0.15, 0.2) is 4.79 Å². The van der Waals surface area contributed by atoms with Crippen molar-refractivity contribution in [3.05, 3.63) is 21.6 Å². The fraction of sp³-hybridized carbons (Fsp3) is 0.583. The van der Waals surface area contributed by atoms with Gasteiger partial charge in [0.1, 0.15) is 0 Å². The molecule has 0 saturated carbocycles. The Morgan fingerprint density at radius 3 is 2.90 bits per heavy atom. The van der Waals surface area contributed by atoms with Gasteiger partial charge in [0, 0.05) is 32.6 Å². The van der Waals surface area contributed by atoms with E-state index in [1.807, 2.05) is 0 Å². The SMILES string of the molecule is O=c1c2c(nc3nc(N4CCOCC4)[nH]n13)CCNC2. The average Bonchev–Trinajstić information content (AvgIpc) is 2.93. The van der Waals surface area contributed by atoms with Gasteiger partial charge in [-0.05, 0) is 0 Å².